The molecule has 5 nitrogen and oxygen atoms in total. The second-order valence-corrected chi connectivity index (χ2v) is 4.56. The first-order chi connectivity index (χ1) is 7.97. The summed E-state index contributed by atoms with van der Waals surface area (Å²) in [5.74, 6) is -1.01. The minimum atomic E-state index is -0.973. The number of nitrogens with zero attached hydrogens (tertiary/aromatic N) is 2. The molecule has 88 valence electrons. The van der Waals surface area contributed by atoms with Crippen molar-refractivity contribution in [1.29, 1.82) is 5.26 Å². The fourth-order valence-corrected chi connectivity index (χ4v) is 1.80. The van der Waals surface area contributed by atoms with Crippen LogP contribution < -0.4 is 4.74 Å². The van der Waals surface area contributed by atoms with Crippen molar-refractivity contribution in [2.75, 3.05) is 0 Å². The van der Waals surface area contributed by atoms with E-state index in [1.165, 1.54) is 0 Å². The van der Waals surface area contributed by atoms with Crippen LogP contribution in [0.15, 0.2) is 16.6 Å². The Hall–Kier alpha value is -1.68. The number of hydrogen-bond donors (Lipinski definition) is 0. The number of ether oxygens (including phenoxy) is 1. The molecule has 0 atom stereocenters. The van der Waals surface area contributed by atoms with Gasteiger partial charge < -0.3 is 4.74 Å². The van der Waals surface area contributed by atoms with Crippen LogP contribution in [-0.2, 0) is 0 Å². The molecule has 17 heavy (non-hydrogen) atoms. The summed E-state index contributed by atoms with van der Waals surface area (Å²) in [6.07, 6.45) is 1.07. The fraction of sp³-hybridized carbons (Fsp3) is 0.300. The zero-order chi connectivity index (χ0) is 12.6. The van der Waals surface area contributed by atoms with Crippen LogP contribution in [-0.4, -0.2) is 10.5 Å². The van der Waals surface area contributed by atoms with Gasteiger partial charge in [0.1, 0.15) is 6.07 Å². The molecule has 0 N–H and O–H groups in total. The molecule has 0 spiro atoms. The van der Waals surface area contributed by atoms with Crippen molar-refractivity contribution in [3.8, 4) is 11.8 Å². The number of rotatable bonds is 3. The van der Waals surface area contributed by atoms with Gasteiger partial charge in [-0.1, -0.05) is 0 Å². The molecule has 1 aliphatic carbocycles. The van der Waals surface area contributed by atoms with Crippen molar-refractivity contribution in [2.45, 2.75) is 18.4 Å². The molecule has 0 saturated heterocycles. The summed E-state index contributed by atoms with van der Waals surface area (Å²) in [6.45, 7) is 0. The molecule has 0 amide bonds. The third kappa shape index (κ3) is 2.22. The van der Waals surface area contributed by atoms with Gasteiger partial charge in [0.05, 0.1) is 15.5 Å². The molecule has 7 heteroatoms. The van der Waals surface area contributed by atoms with E-state index < -0.39 is 16.3 Å². The van der Waals surface area contributed by atoms with E-state index >= 15 is 0 Å². The van der Waals surface area contributed by atoms with E-state index in [-0.39, 0.29) is 15.9 Å². The van der Waals surface area contributed by atoms with Gasteiger partial charge in [0.25, 0.3) is 5.69 Å². The van der Waals surface area contributed by atoms with E-state index in [0.29, 0.717) is 12.8 Å². The first kappa shape index (κ1) is 11.8. The largest absolute Gasteiger partial charge is 0.468 e. The Morgan fingerprint density at radius 1 is 1.59 bits per heavy atom. The summed E-state index contributed by atoms with van der Waals surface area (Å²) in [6, 6.07) is 3.87. The van der Waals surface area contributed by atoms with Crippen molar-refractivity contribution in [2.24, 2.45) is 0 Å². The number of nitro groups is 1. The Morgan fingerprint density at radius 3 is 2.65 bits per heavy atom. The molecular weight excluding hydrogens is 295 g/mol. The van der Waals surface area contributed by atoms with Crippen molar-refractivity contribution in [3.05, 3.63) is 32.5 Å². The van der Waals surface area contributed by atoms with Gasteiger partial charge in [-0.15, -0.1) is 0 Å². The van der Waals surface area contributed by atoms with Gasteiger partial charge in [0, 0.05) is 18.9 Å². The van der Waals surface area contributed by atoms with Crippen LogP contribution in [0.4, 0.5) is 10.1 Å². The van der Waals surface area contributed by atoms with E-state index in [4.69, 9.17) is 10.00 Å². The van der Waals surface area contributed by atoms with Gasteiger partial charge in [-0.2, -0.15) is 5.26 Å². The zero-order valence-electron chi connectivity index (χ0n) is 8.44. The molecule has 0 radical (unpaired) electrons. The van der Waals surface area contributed by atoms with E-state index in [9.17, 15) is 14.5 Å². The summed E-state index contributed by atoms with van der Waals surface area (Å²) in [7, 11) is 0. The molecule has 0 bridgehead atoms. The minimum Gasteiger partial charge on any atom is -0.468 e. The summed E-state index contributed by atoms with van der Waals surface area (Å²) in [5.41, 5.74) is -1.34. The smallest absolute Gasteiger partial charge is 0.273 e. The lowest BCUT2D eigenvalue weighted by atomic mass is 10.3. The maximum atomic E-state index is 13.6. The topological polar surface area (TPSA) is 76.2 Å². The first-order valence-electron chi connectivity index (χ1n) is 4.71. The van der Waals surface area contributed by atoms with Gasteiger partial charge in [-0.05, 0) is 15.9 Å². The van der Waals surface area contributed by atoms with Gasteiger partial charge >= 0.3 is 0 Å². The highest BCUT2D eigenvalue weighted by molar-refractivity contribution is 9.10. The second-order valence-electron chi connectivity index (χ2n) is 3.70. The van der Waals surface area contributed by atoms with Crippen LogP contribution in [0.25, 0.3) is 0 Å². The average Bonchev–Trinajstić information content (AvgIpc) is 3.03. The lowest BCUT2D eigenvalue weighted by molar-refractivity contribution is -0.385. The molecular formula is C10H6BrFN2O3. The third-order valence-corrected chi connectivity index (χ3v) is 2.99. The Bertz CT molecular complexity index is 514. The maximum Gasteiger partial charge on any atom is 0.273 e. The summed E-state index contributed by atoms with van der Waals surface area (Å²) >= 11 is 3.00. The van der Waals surface area contributed by atoms with Gasteiger partial charge in [0.2, 0.25) is 0 Å². The second kappa shape index (κ2) is 3.96. The van der Waals surface area contributed by atoms with Crippen LogP contribution in [0.5, 0.6) is 5.75 Å². The van der Waals surface area contributed by atoms with Crippen LogP contribution >= 0.6 is 15.9 Å². The predicted octanol–water partition coefficient (Wildman–Crippen LogP) is 2.93. The van der Waals surface area contributed by atoms with E-state index in [1.807, 2.05) is 6.07 Å². The van der Waals surface area contributed by atoms with Crippen molar-refractivity contribution in [3.63, 3.8) is 0 Å². The molecule has 1 aliphatic rings. The first-order valence-corrected chi connectivity index (χ1v) is 5.50. The van der Waals surface area contributed by atoms with Crippen LogP contribution in [0.1, 0.15) is 12.8 Å². The van der Waals surface area contributed by atoms with Crippen molar-refractivity contribution < 1.29 is 14.1 Å². The lowest BCUT2D eigenvalue weighted by Gasteiger charge is -2.12. The van der Waals surface area contributed by atoms with Gasteiger partial charge in [0.15, 0.2) is 17.2 Å². The highest BCUT2D eigenvalue weighted by Gasteiger charge is 2.47. The summed E-state index contributed by atoms with van der Waals surface area (Å²) in [4.78, 5) is 9.80. The number of nitro benzene ring substituents is 1. The SMILES string of the molecule is N#CC1(Oc2c(F)cc([N+](=O)[O-])cc2Br)CC1. The molecule has 0 aromatic heterocycles. The molecule has 1 fully saturated rings. The number of halogens is 2. The van der Waals surface area contributed by atoms with Crippen molar-refractivity contribution >= 4 is 21.6 Å². The van der Waals surface area contributed by atoms with E-state index in [1.54, 1.807) is 0 Å². The minimum absolute atomic E-state index is 0.130. The maximum absolute atomic E-state index is 13.6. The monoisotopic (exact) mass is 300 g/mol. The molecule has 0 aliphatic heterocycles. The quantitative estimate of drug-likeness (QED) is 0.635. The average molecular weight is 301 g/mol. The molecule has 0 unspecified atom stereocenters. The molecule has 1 saturated carbocycles. The molecule has 2 rings (SSSR count). The number of non-ortho nitro benzene ring substituents is 1. The molecule has 0 heterocycles. The standard InChI is InChI=1S/C10H6BrFN2O3/c11-7-3-6(14(15)16)4-8(12)9(7)17-10(5-13)1-2-10/h3-4H,1-2H2. The molecule has 1 aromatic rings. The van der Waals surface area contributed by atoms with E-state index in [2.05, 4.69) is 15.9 Å². The fourth-order valence-electron chi connectivity index (χ4n) is 1.30. The Labute approximate surface area is 104 Å². The van der Waals surface area contributed by atoms with Gasteiger partial charge in [-0.3, -0.25) is 10.1 Å². The van der Waals surface area contributed by atoms with Crippen LogP contribution in [0.3, 0.4) is 0 Å². The number of hydrogen-bond acceptors (Lipinski definition) is 4. The normalized spacial score (nSPS) is 16.1. The Morgan fingerprint density at radius 2 is 2.24 bits per heavy atom. The summed E-state index contributed by atoms with van der Waals surface area (Å²) < 4.78 is 19.0. The highest BCUT2D eigenvalue weighted by Crippen LogP contribution is 2.43. The number of nitriles is 1. The van der Waals surface area contributed by atoms with Crippen LogP contribution in [0, 0.1) is 27.3 Å². The summed E-state index contributed by atoms with van der Waals surface area (Å²) in [5, 5.41) is 19.3. The lowest BCUT2D eigenvalue weighted by Crippen LogP contribution is -2.16. The van der Waals surface area contributed by atoms with Gasteiger partial charge in [-0.25, -0.2) is 4.39 Å². The predicted molar refractivity (Wildman–Crippen MR) is 59.0 cm³/mol. The zero-order valence-corrected chi connectivity index (χ0v) is 10.0. The Kier molecular flexibility index (Phi) is 2.75. The third-order valence-electron chi connectivity index (χ3n) is 2.40. The Balaban J connectivity index is 2.36. The number of benzene rings is 1. The molecule has 1 aromatic carbocycles. The van der Waals surface area contributed by atoms with E-state index in [0.717, 1.165) is 12.1 Å². The van der Waals surface area contributed by atoms with Crippen LogP contribution in [0.2, 0.25) is 0 Å². The van der Waals surface area contributed by atoms with Crippen molar-refractivity contribution in [1.82, 2.24) is 0 Å². The highest BCUT2D eigenvalue weighted by atomic mass is 79.9.